The number of benzene rings is 1. The summed E-state index contributed by atoms with van der Waals surface area (Å²) >= 11 is 0. The summed E-state index contributed by atoms with van der Waals surface area (Å²) in [7, 11) is 2.07. The van der Waals surface area contributed by atoms with Gasteiger partial charge in [0, 0.05) is 22.4 Å². The molecule has 0 radical (unpaired) electrons. The van der Waals surface area contributed by atoms with E-state index < -0.39 is 0 Å². The molecule has 0 atom stereocenters. The van der Waals surface area contributed by atoms with Crippen molar-refractivity contribution in [2.24, 2.45) is 7.05 Å². The molecule has 0 aliphatic heterocycles. The molecule has 0 unspecified atom stereocenters. The summed E-state index contributed by atoms with van der Waals surface area (Å²) in [5.74, 6) is 0. The Morgan fingerprint density at radius 3 is 2.64 bits per heavy atom. The summed E-state index contributed by atoms with van der Waals surface area (Å²) in [6.07, 6.45) is 3.96. The number of fused-ring (bicyclic) bond motifs is 3. The Bertz CT molecular complexity index is 1010. The number of hydrogen-bond acceptors (Lipinski definition) is 2. The highest BCUT2D eigenvalue weighted by Gasteiger charge is 2.20. The molecule has 4 rings (SSSR count). The Morgan fingerprint density at radius 2 is 1.82 bits per heavy atom. The van der Waals surface area contributed by atoms with E-state index in [0.29, 0.717) is 0 Å². The average Bonchev–Trinajstić information content (AvgIpc) is 2.87. The molecule has 4 aromatic rings. The molecule has 22 heavy (non-hydrogen) atoms. The molecular weight excluding hydrogens is 272 g/mol. The van der Waals surface area contributed by atoms with E-state index in [0.717, 1.165) is 38.9 Å². The molecule has 0 amide bonds. The second-order valence-electron chi connectivity index (χ2n) is 5.76. The van der Waals surface area contributed by atoms with Gasteiger partial charge in [-0.25, -0.2) is 4.57 Å². The monoisotopic (exact) mass is 289 g/mol. The van der Waals surface area contributed by atoms with E-state index in [4.69, 9.17) is 4.42 Å². The summed E-state index contributed by atoms with van der Waals surface area (Å²) in [6, 6.07) is 12.4. The molecule has 0 spiro atoms. The lowest BCUT2D eigenvalue weighted by atomic mass is 10.0. The summed E-state index contributed by atoms with van der Waals surface area (Å²) < 4.78 is 8.11. The van der Waals surface area contributed by atoms with Crippen LogP contribution in [0.1, 0.15) is 11.3 Å². The van der Waals surface area contributed by atoms with Crippen molar-refractivity contribution < 1.29 is 8.98 Å². The van der Waals surface area contributed by atoms with Gasteiger partial charge in [0.05, 0.1) is 17.5 Å². The second kappa shape index (κ2) is 4.67. The molecule has 0 aliphatic rings. The number of aryl methyl sites for hydroxylation is 3. The van der Waals surface area contributed by atoms with Gasteiger partial charge >= 0.3 is 0 Å². The SMILES string of the molecule is Cc1ccc(-c2c(C)ncc3oc4ccccc4c23)[n+](C)c1. The molecule has 3 nitrogen and oxygen atoms in total. The number of rotatable bonds is 1. The third kappa shape index (κ3) is 1.82. The van der Waals surface area contributed by atoms with E-state index in [2.05, 4.69) is 54.8 Å². The number of pyridine rings is 2. The lowest BCUT2D eigenvalue weighted by Gasteiger charge is -2.06. The maximum atomic E-state index is 5.96. The van der Waals surface area contributed by atoms with Gasteiger partial charge in [-0.2, -0.15) is 0 Å². The molecule has 0 bridgehead atoms. The first kappa shape index (κ1) is 13.0. The molecule has 0 fully saturated rings. The van der Waals surface area contributed by atoms with Crippen molar-refractivity contribution in [2.45, 2.75) is 13.8 Å². The third-order valence-corrected chi connectivity index (χ3v) is 4.15. The zero-order chi connectivity index (χ0) is 15.3. The van der Waals surface area contributed by atoms with Crippen LogP contribution in [-0.2, 0) is 7.05 Å². The Kier molecular flexibility index (Phi) is 2.76. The van der Waals surface area contributed by atoms with E-state index in [9.17, 15) is 0 Å². The number of nitrogens with zero attached hydrogens (tertiary/aromatic N) is 2. The van der Waals surface area contributed by atoms with Crippen LogP contribution < -0.4 is 4.57 Å². The van der Waals surface area contributed by atoms with Gasteiger partial charge in [-0.1, -0.05) is 18.2 Å². The Labute approximate surface area is 128 Å². The first-order valence-electron chi connectivity index (χ1n) is 7.38. The minimum atomic E-state index is 0.836. The van der Waals surface area contributed by atoms with Crippen molar-refractivity contribution in [3.8, 4) is 11.3 Å². The van der Waals surface area contributed by atoms with E-state index >= 15 is 0 Å². The number of furan rings is 1. The Hall–Kier alpha value is -2.68. The number of para-hydroxylation sites is 1. The summed E-state index contributed by atoms with van der Waals surface area (Å²) in [6.45, 7) is 4.15. The fourth-order valence-corrected chi connectivity index (χ4v) is 3.13. The topological polar surface area (TPSA) is 29.9 Å². The molecule has 0 N–H and O–H groups in total. The van der Waals surface area contributed by atoms with Crippen LogP contribution >= 0.6 is 0 Å². The molecule has 3 aromatic heterocycles. The fourth-order valence-electron chi connectivity index (χ4n) is 3.13. The Balaban J connectivity index is 2.18. The van der Waals surface area contributed by atoms with Gasteiger partial charge in [0.25, 0.3) is 0 Å². The van der Waals surface area contributed by atoms with E-state index in [1.54, 1.807) is 0 Å². The lowest BCUT2D eigenvalue weighted by molar-refractivity contribution is -0.660. The van der Waals surface area contributed by atoms with Gasteiger partial charge in [-0.15, -0.1) is 0 Å². The molecule has 1 aromatic carbocycles. The predicted molar refractivity (Wildman–Crippen MR) is 87.6 cm³/mol. The minimum absolute atomic E-state index is 0.836. The van der Waals surface area contributed by atoms with Gasteiger partial charge in [0.15, 0.2) is 11.8 Å². The van der Waals surface area contributed by atoms with Crippen LogP contribution in [0.25, 0.3) is 33.2 Å². The highest BCUT2D eigenvalue weighted by Crippen LogP contribution is 2.36. The Morgan fingerprint density at radius 1 is 1.00 bits per heavy atom. The predicted octanol–water partition coefficient (Wildman–Crippen LogP) is 4.09. The van der Waals surface area contributed by atoms with Crippen LogP contribution in [0.5, 0.6) is 0 Å². The fraction of sp³-hybridized carbons (Fsp3) is 0.158. The maximum Gasteiger partial charge on any atom is 0.214 e. The third-order valence-electron chi connectivity index (χ3n) is 4.15. The quantitative estimate of drug-likeness (QED) is 0.494. The van der Waals surface area contributed by atoms with Crippen molar-refractivity contribution in [3.05, 3.63) is 60.0 Å². The van der Waals surface area contributed by atoms with Crippen molar-refractivity contribution in [1.82, 2.24) is 4.98 Å². The highest BCUT2D eigenvalue weighted by molar-refractivity contribution is 6.11. The van der Waals surface area contributed by atoms with Crippen LogP contribution in [0.15, 0.2) is 53.2 Å². The number of aromatic nitrogens is 2. The van der Waals surface area contributed by atoms with Crippen LogP contribution in [0.2, 0.25) is 0 Å². The molecular formula is C19H17N2O+. The minimum Gasteiger partial charge on any atom is -0.454 e. The van der Waals surface area contributed by atoms with Crippen LogP contribution in [-0.4, -0.2) is 4.98 Å². The molecule has 108 valence electrons. The van der Waals surface area contributed by atoms with Gasteiger partial charge in [0.2, 0.25) is 5.69 Å². The van der Waals surface area contributed by atoms with Gasteiger partial charge in [-0.05, 0) is 26.0 Å². The van der Waals surface area contributed by atoms with Gasteiger partial charge < -0.3 is 4.42 Å². The summed E-state index contributed by atoms with van der Waals surface area (Å²) in [5, 5.41) is 2.28. The van der Waals surface area contributed by atoms with Crippen molar-refractivity contribution >= 4 is 21.9 Å². The highest BCUT2D eigenvalue weighted by atomic mass is 16.3. The smallest absolute Gasteiger partial charge is 0.214 e. The first-order valence-corrected chi connectivity index (χ1v) is 7.38. The van der Waals surface area contributed by atoms with Gasteiger partial charge in [0.1, 0.15) is 12.6 Å². The van der Waals surface area contributed by atoms with E-state index in [-0.39, 0.29) is 0 Å². The van der Waals surface area contributed by atoms with Crippen LogP contribution in [0.4, 0.5) is 0 Å². The molecule has 3 heteroatoms. The van der Waals surface area contributed by atoms with E-state index in [1.807, 2.05) is 24.4 Å². The largest absolute Gasteiger partial charge is 0.454 e. The van der Waals surface area contributed by atoms with Crippen molar-refractivity contribution in [3.63, 3.8) is 0 Å². The normalized spacial score (nSPS) is 11.4. The van der Waals surface area contributed by atoms with Crippen molar-refractivity contribution in [1.29, 1.82) is 0 Å². The average molecular weight is 289 g/mol. The van der Waals surface area contributed by atoms with Crippen LogP contribution in [0.3, 0.4) is 0 Å². The molecule has 0 saturated carbocycles. The van der Waals surface area contributed by atoms with Crippen LogP contribution in [0, 0.1) is 13.8 Å². The second-order valence-corrected chi connectivity index (χ2v) is 5.76. The molecule has 3 heterocycles. The van der Waals surface area contributed by atoms with Gasteiger partial charge in [-0.3, -0.25) is 4.98 Å². The zero-order valence-electron chi connectivity index (χ0n) is 12.9. The maximum absolute atomic E-state index is 5.96. The first-order chi connectivity index (χ1) is 10.6. The van der Waals surface area contributed by atoms with E-state index in [1.165, 1.54) is 5.56 Å². The molecule has 0 aliphatic carbocycles. The van der Waals surface area contributed by atoms with Crippen molar-refractivity contribution in [2.75, 3.05) is 0 Å². The molecule has 0 saturated heterocycles. The standard InChI is InChI=1S/C19H17N2O/c1-12-8-9-15(21(3)11-12)18-13(2)20-10-17-19(18)14-6-4-5-7-16(14)22-17/h4-11H,1-3H3/q+1. The summed E-state index contributed by atoms with van der Waals surface area (Å²) in [4.78, 5) is 4.54. The lowest BCUT2D eigenvalue weighted by Crippen LogP contribution is -2.31. The number of hydrogen-bond donors (Lipinski definition) is 0. The zero-order valence-corrected chi connectivity index (χ0v) is 12.9. The summed E-state index contributed by atoms with van der Waals surface area (Å²) in [5.41, 5.74) is 6.28.